The lowest BCUT2D eigenvalue weighted by atomic mass is 9.84. The highest BCUT2D eigenvalue weighted by Gasteiger charge is 2.36. The van der Waals surface area contributed by atoms with Gasteiger partial charge < -0.3 is 14.8 Å². The van der Waals surface area contributed by atoms with Crippen LogP contribution in [0.2, 0.25) is 0 Å². The summed E-state index contributed by atoms with van der Waals surface area (Å²) in [5.74, 6) is -2.22. The van der Waals surface area contributed by atoms with Crippen molar-refractivity contribution < 1.29 is 23.5 Å². The van der Waals surface area contributed by atoms with Crippen LogP contribution in [0.3, 0.4) is 0 Å². The van der Waals surface area contributed by atoms with E-state index in [0.29, 0.717) is 11.4 Å². The van der Waals surface area contributed by atoms with Gasteiger partial charge in [0.25, 0.3) is 0 Å². The molecule has 0 aromatic heterocycles. The van der Waals surface area contributed by atoms with E-state index in [0.717, 1.165) is 0 Å². The molecule has 1 N–H and O–H groups in total. The number of alkyl halides is 1. The Morgan fingerprint density at radius 3 is 2.38 bits per heavy atom. The quantitative estimate of drug-likeness (QED) is 0.715. The number of hydrogen-bond acceptors (Lipinski definition) is 5. The maximum atomic E-state index is 12.9. The van der Waals surface area contributed by atoms with Crippen LogP contribution < -0.4 is 5.32 Å². The fourth-order valence-electron chi connectivity index (χ4n) is 2.43. The van der Waals surface area contributed by atoms with Crippen molar-refractivity contribution in [3.63, 3.8) is 0 Å². The van der Waals surface area contributed by atoms with Gasteiger partial charge in [0.2, 0.25) is 0 Å². The lowest BCUT2D eigenvalue weighted by Gasteiger charge is -2.29. The Morgan fingerprint density at radius 1 is 1.29 bits per heavy atom. The maximum absolute atomic E-state index is 12.9. The normalized spacial score (nSPS) is 17.6. The Balaban J connectivity index is 3.49. The summed E-state index contributed by atoms with van der Waals surface area (Å²) in [6, 6.07) is 0. The lowest BCUT2D eigenvalue weighted by Crippen LogP contribution is -2.34. The van der Waals surface area contributed by atoms with E-state index < -0.39 is 24.5 Å². The summed E-state index contributed by atoms with van der Waals surface area (Å²) in [6.07, 6.45) is 0.930. The van der Waals surface area contributed by atoms with Crippen molar-refractivity contribution in [3.05, 3.63) is 33.1 Å². The van der Waals surface area contributed by atoms with Crippen molar-refractivity contribution in [2.75, 3.05) is 13.8 Å². The van der Waals surface area contributed by atoms with Gasteiger partial charge in [0.1, 0.15) is 4.49 Å². The average Bonchev–Trinajstić information content (AvgIpc) is 2.45. The minimum atomic E-state index is -0.892. The number of allylic oxidation sites excluding steroid dienone is 3. The van der Waals surface area contributed by atoms with Gasteiger partial charge in [0, 0.05) is 23.7 Å². The summed E-state index contributed by atoms with van der Waals surface area (Å²) >= 11 is 11.5. The van der Waals surface area contributed by atoms with Gasteiger partial charge in [-0.2, -0.15) is 0 Å². The first-order chi connectivity index (χ1) is 11.2. The average molecular weight is 380 g/mol. The number of carbonyl (C=O) groups excluding carboxylic acids is 2. The number of dihydropyridines is 1. The molecule has 1 aliphatic heterocycles. The fourth-order valence-corrected chi connectivity index (χ4v) is 2.68. The molecule has 0 bridgehead atoms. The third-order valence-electron chi connectivity index (χ3n) is 3.29. The third-order valence-corrected chi connectivity index (χ3v) is 3.55. The number of ether oxygens (including phenoxy) is 2. The van der Waals surface area contributed by atoms with Crippen molar-refractivity contribution in [1.82, 2.24) is 5.32 Å². The van der Waals surface area contributed by atoms with Crippen LogP contribution in [0.25, 0.3) is 0 Å². The highest BCUT2D eigenvalue weighted by Crippen LogP contribution is 2.35. The molecular weight excluding hydrogens is 360 g/mol. The van der Waals surface area contributed by atoms with E-state index in [1.54, 1.807) is 20.8 Å². The van der Waals surface area contributed by atoms with Gasteiger partial charge in [0.05, 0.1) is 31.0 Å². The Labute approximate surface area is 150 Å². The van der Waals surface area contributed by atoms with Gasteiger partial charge in [-0.15, -0.1) is 0 Å². The maximum Gasteiger partial charge on any atom is 0.336 e. The molecule has 0 aromatic carbocycles. The Kier molecular flexibility index (Phi) is 7.76. The van der Waals surface area contributed by atoms with E-state index in [1.165, 1.54) is 13.2 Å². The van der Waals surface area contributed by atoms with E-state index in [2.05, 4.69) is 5.32 Å². The lowest BCUT2D eigenvalue weighted by molar-refractivity contribution is -0.143. The minimum absolute atomic E-state index is 0.0431. The van der Waals surface area contributed by atoms with Crippen LogP contribution in [0.1, 0.15) is 27.2 Å². The number of methoxy groups -OCH3 is 1. The SMILES string of the molecule is COC(=O)C1=C(CCF)NC(C)=C(C(=O)OC(C)C)C1C=C(Cl)Cl. The predicted octanol–water partition coefficient (Wildman–Crippen LogP) is 3.54. The molecule has 1 aliphatic rings. The van der Waals surface area contributed by atoms with Crippen LogP contribution in [0.5, 0.6) is 0 Å². The summed E-state index contributed by atoms with van der Waals surface area (Å²) in [7, 11) is 1.20. The summed E-state index contributed by atoms with van der Waals surface area (Å²) < 4.78 is 22.7. The van der Waals surface area contributed by atoms with Crippen molar-refractivity contribution in [1.29, 1.82) is 0 Å². The summed E-state index contributed by atoms with van der Waals surface area (Å²) in [4.78, 5) is 24.7. The van der Waals surface area contributed by atoms with Crippen LogP contribution >= 0.6 is 23.2 Å². The smallest absolute Gasteiger partial charge is 0.336 e. The second kappa shape index (κ2) is 9.08. The summed E-state index contributed by atoms with van der Waals surface area (Å²) in [5, 5.41) is 2.89. The first-order valence-electron chi connectivity index (χ1n) is 7.31. The third kappa shape index (κ3) is 4.98. The van der Waals surface area contributed by atoms with Crippen LogP contribution in [0, 0.1) is 5.92 Å². The van der Waals surface area contributed by atoms with Gasteiger partial charge in [0.15, 0.2) is 0 Å². The number of rotatable bonds is 6. The van der Waals surface area contributed by atoms with Crippen LogP contribution in [-0.2, 0) is 19.1 Å². The molecule has 1 rings (SSSR count). The van der Waals surface area contributed by atoms with Crippen LogP contribution in [0.15, 0.2) is 33.1 Å². The van der Waals surface area contributed by atoms with Gasteiger partial charge in [-0.25, -0.2) is 9.59 Å². The van der Waals surface area contributed by atoms with E-state index in [1.807, 2.05) is 0 Å². The number of hydrogen-bond donors (Lipinski definition) is 1. The molecule has 0 saturated heterocycles. The van der Waals surface area contributed by atoms with Gasteiger partial charge in [-0.3, -0.25) is 4.39 Å². The highest BCUT2D eigenvalue weighted by atomic mass is 35.5. The number of carbonyl (C=O) groups is 2. The molecule has 0 radical (unpaired) electrons. The van der Waals surface area contributed by atoms with E-state index in [-0.39, 0.29) is 28.2 Å². The fraction of sp³-hybridized carbons (Fsp3) is 0.500. The van der Waals surface area contributed by atoms with Crippen molar-refractivity contribution >= 4 is 35.1 Å². The van der Waals surface area contributed by atoms with E-state index in [9.17, 15) is 14.0 Å². The zero-order chi connectivity index (χ0) is 18.4. The molecule has 0 aromatic rings. The van der Waals surface area contributed by atoms with Gasteiger partial charge in [-0.05, 0) is 26.8 Å². The van der Waals surface area contributed by atoms with Crippen LogP contribution in [-0.4, -0.2) is 31.8 Å². The monoisotopic (exact) mass is 379 g/mol. The molecule has 24 heavy (non-hydrogen) atoms. The van der Waals surface area contributed by atoms with E-state index in [4.69, 9.17) is 32.7 Å². The largest absolute Gasteiger partial charge is 0.466 e. The second-order valence-electron chi connectivity index (χ2n) is 5.37. The van der Waals surface area contributed by atoms with Crippen molar-refractivity contribution in [2.45, 2.75) is 33.3 Å². The summed E-state index contributed by atoms with van der Waals surface area (Å²) in [6.45, 7) is 4.35. The number of halogens is 3. The molecule has 5 nitrogen and oxygen atoms in total. The Morgan fingerprint density at radius 2 is 1.92 bits per heavy atom. The van der Waals surface area contributed by atoms with Gasteiger partial charge >= 0.3 is 11.9 Å². The molecule has 134 valence electrons. The molecule has 1 atom stereocenters. The van der Waals surface area contributed by atoms with Gasteiger partial charge in [-0.1, -0.05) is 23.2 Å². The molecule has 1 unspecified atom stereocenters. The minimum Gasteiger partial charge on any atom is -0.466 e. The molecular formula is C16H20Cl2FNO4. The van der Waals surface area contributed by atoms with Crippen LogP contribution in [0.4, 0.5) is 4.39 Å². The van der Waals surface area contributed by atoms with Crippen molar-refractivity contribution in [2.24, 2.45) is 5.92 Å². The molecule has 0 aliphatic carbocycles. The predicted molar refractivity (Wildman–Crippen MR) is 90.0 cm³/mol. The topological polar surface area (TPSA) is 64.6 Å². The highest BCUT2D eigenvalue weighted by molar-refractivity contribution is 6.55. The Bertz CT molecular complexity index is 607. The molecule has 1 heterocycles. The zero-order valence-electron chi connectivity index (χ0n) is 13.9. The molecule has 8 heteroatoms. The summed E-state index contributed by atoms with van der Waals surface area (Å²) in [5.41, 5.74) is 1.01. The number of nitrogens with one attached hydrogen (secondary N) is 1. The van der Waals surface area contributed by atoms with E-state index >= 15 is 0 Å². The second-order valence-corrected chi connectivity index (χ2v) is 6.38. The first kappa shape index (κ1) is 20.5. The first-order valence-corrected chi connectivity index (χ1v) is 8.07. The molecule has 0 spiro atoms. The Hall–Kier alpha value is -1.53. The zero-order valence-corrected chi connectivity index (χ0v) is 15.4. The van der Waals surface area contributed by atoms with Crippen molar-refractivity contribution in [3.8, 4) is 0 Å². The molecule has 0 amide bonds. The standard InChI is InChI=1S/C16H20Cl2FNO4/c1-8(2)24-16(22)13-9(3)20-11(5-6-19)14(15(21)23-4)10(13)7-12(17)18/h7-8,10,20H,5-6H2,1-4H3. The molecule has 0 fully saturated rings. The number of esters is 2. The molecule has 0 saturated carbocycles.